The molecule has 1 aliphatic heterocycles. The summed E-state index contributed by atoms with van der Waals surface area (Å²) in [5.41, 5.74) is -1.36. The third kappa shape index (κ3) is 2.51. The van der Waals surface area contributed by atoms with E-state index in [0.29, 0.717) is 10.2 Å². The number of anilines is 1. The van der Waals surface area contributed by atoms with Crippen molar-refractivity contribution in [2.75, 3.05) is 5.32 Å². The second-order valence-corrected chi connectivity index (χ2v) is 6.37. The third-order valence-corrected chi connectivity index (χ3v) is 4.13. The molecule has 2 N–H and O–H groups in total. The summed E-state index contributed by atoms with van der Waals surface area (Å²) in [7, 11) is 0. The van der Waals surface area contributed by atoms with E-state index < -0.39 is 17.5 Å². The molecule has 1 saturated carbocycles. The van der Waals surface area contributed by atoms with Crippen molar-refractivity contribution < 1.29 is 13.6 Å². The van der Waals surface area contributed by atoms with Gasteiger partial charge in [-0.05, 0) is 25.0 Å². The minimum atomic E-state index is -3.21. The number of rotatable bonds is 1. The number of carbonyl (C=O) groups excluding carboxylic acids is 1. The van der Waals surface area contributed by atoms with E-state index in [2.05, 4.69) is 38.4 Å². The van der Waals surface area contributed by atoms with Crippen molar-refractivity contribution in [2.45, 2.75) is 31.2 Å². The Morgan fingerprint density at radius 1 is 1.43 bits per heavy atom. The molecule has 1 fully saturated rings. The number of hydrogen-bond donors (Lipinski definition) is 2. The predicted molar refractivity (Wildman–Crippen MR) is 79.1 cm³/mol. The lowest BCUT2D eigenvalue weighted by atomic mass is 9.82. The highest BCUT2D eigenvalue weighted by Gasteiger charge is 2.55. The molecule has 2 amide bonds. The highest BCUT2D eigenvalue weighted by molar-refractivity contribution is 9.10. The van der Waals surface area contributed by atoms with E-state index in [1.807, 2.05) is 0 Å². The maximum Gasteiger partial charge on any atom is 0.320 e. The van der Waals surface area contributed by atoms with Crippen LogP contribution in [0.2, 0.25) is 0 Å². The molecule has 6 heteroatoms. The smallest absolute Gasteiger partial charge is 0.312 e. The van der Waals surface area contributed by atoms with Crippen molar-refractivity contribution in [3.05, 3.63) is 28.2 Å². The molecule has 1 aromatic rings. The summed E-state index contributed by atoms with van der Waals surface area (Å²) in [5.74, 6) is 2.47. The second kappa shape index (κ2) is 4.70. The van der Waals surface area contributed by atoms with E-state index in [1.54, 1.807) is 18.2 Å². The van der Waals surface area contributed by atoms with Gasteiger partial charge in [0.2, 0.25) is 0 Å². The van der Waals surface area contributed by atoms with Crippen LogP contribution in [0, 0.1) is 17.8 Å². The molecule has 0 spiro atoms. The summed E-state index contributed by atoms with van der Waals surface area (Å²) < 4.78 is 29.4. The normalized spacial score (nSPS) is 24.3. The van der Waals surface area contributed by atoms with Crippen molar-refractivity contribution >= 4 is 27.6 Å². The average Bonchev–Trinajstić information content (AvgIpc) is 3.17. The zero-order valence-electron chi connectivity index (χ0n) is 11.3. The number of urea groups is 1. The maximum absolute atomic E-state index is 14.3. The van der Waals surface area contributed by atoms with Crippen molar-refractivity contribution in [3.63, 3.8) is 0 Å². The Morgan fingerprint density at radius 3 is 2.76 bits per heavy atom. The molecule has 0 bridgehead atoms. The number of hydrogen-bond acceptors (Lipinski definition) is 1. The molecule has 0 saturated heterocycles. The van der Waals surface area contributed by atoms with Crippen molar-refractivity contribution in [3.8, 4) is 11.8 Å². The van der Waals surface area contributed by atoms with Gasteiger partial charge < -0.3 is 10.6 Å². The average molecular weight is 355 g/mol. The first-order valence-electron chi connectivity index (χ1n) is 6.61. The highest BCUT2D eigenvalue weighted by Crippen LogP contribution is 2.43. The van der Waals surface area contributed by atoms with Crippen LogP contribution in [0.5, 0.6) is 0 Å². The number of amides is 2. The van der Waals surface area contributed by atoms with Crippen LogP contribution in [0.3, 0.4) is 0 Å². The Kier molecular flexibility index (Phi) is 3.21. The zero-order chi connectivity index (χ0) is 15.3. The predicted octanol–water partition coefficient (Wildman–Crippen LogP) is 3.85. The lowest BCUT2D eigenvalue weighted by Gasteiger charge is -2.39. The molecule has 2 aliphatic rings. The monoisotopic (exact) mass is 354 g/mol. The molecular formula is C15H13BrF2N2O. The number of benzene rings is 1. The summed E-state index contributed by atoms with van der Waals surface area (Å²) in [6.07, 6.45) is 1.86. The van der Waals surface area contributed by atoms with Gasteiger partial charge >= 0.3 is 6.03 Å². The Morgan fingerprint density at radius 2 is 2.14 bits per heavy atom. The van der Waals surface area contributed by atoms with Gasteiger partial charge in [0.1, 0.15) is 0 Å². The molecule has 110 valence electrons. The summed E-state index contributed by atoms with van der Waals surface area (Å²) in [4.78, 5) is 11.8. The van der Waals surface area contributed by atoms with Crippen LogP contribution in [0.1, 0.15) is 25.3 Å². The SMILES string of the molecule is CC(F)(F)C1(C#CC2CC2)NC(=O)Nc2cc(Br)ccc21. The van der Waals surface area contributed by atoms with Crippen LogP contribution in [0.15, 0.2) is 22.7 Å². The van der Waals surface area contributed by atoms with Crippen molar-refractivity contribution in [1.29, 1.82) is 0 Å². The van der Waals surface area contributed by atoms with Gasteiger partial charge in [0.05, 0.1) is 5.69 Å². The number of carbonyl (C=O) groups is 1. The van der Waals surface area contributed by atoms with Crippen LogP contribution in [-0.4, -0.2) is 12.0 Å². The number of fused-ring (bicyclic) bond motifs is 1. The maximum atomic E-state index is 14.3. The van der Waals surface area contributed by atoms with E-state index in [1.165, 1.54) is 0 Å². The third-order valence-electron chi connectivity index (χ3n) is 3.63. The largest absolute Gasteiger partial charge is 0.320 e. The van der Waals surface area contributed by atoms with Gasteiger partial charge in [-0.3, -0.25) is 0 Å². The molecule has 0 aromatic heterocycles. The van der Waals surface area contributed by atoms with Gasteiger partial charge in [-0.25, -0.2) is 13.6 Å². The molecule has 1 aromatic carbocycles. The fourth-order valence-electron chi connectivity index (χ4n) is 2.33. The van der Waals surface area contributed by atoms with E-state index in [9.17, 15) is 13.6 Å². The number of alkyl halides is 2. The Hall–Kier alpha value is -1.61. The van der Waals surface area contributed by atoms with E-state index in [-0.39, 0.29) is 11.5 Å². The van der Waals surface area contributed by atoms with Gasteiger partial charge in [0.25, 0.3) is 5.92 Å². The second-order valence-electron chi connectivity index (χ2n) is 5.45. The Labute approximate surface area is 129 Å². The molecule has 0 radical (unpaired) electrons. The summed E-state index contributed by atoms with van der Waals surface area (Å²) in [5, 5.41) is 4.89. The Bertz CT molecular complexity index is 670. The van der Waals surface area contributed by atoms with Crippen molar-refractivity contribution in [2.24, 2.45) is 5.92 Å². The fourth-order valence-corrected chi connectivity index (χ4v) is 2.69. The first kappa shape index (κ1) is 14.3. The van der Waals surface area contributed by atoms with Crippen LogP contribution < -0.4 is 10.6 Å². The Balaban J connectivity index is 2.20. The van der Waals surface area contributed by atoms with Gasteiger partial charge in [-0.2, -0.15) is 0 Å². The summed E-state index contributed by atoms with van der Waals surface area (Å²) in [6, 6.07) is 4.15. The first-order valence-corrected chi connectivity index (χ1v) is 7.41. The fraction of sp³-hybridized carbons (Fsp3) is 0.400. The minimum absolute atomic E-state index is 0.162. The number of halogens is 3. The standard InChI is InChI=1S/C15H13BrF2N2O/c1-14(17,18)15(7-6-9-2-3-9)11-5-4-10(16)8-12(11)19-13(21)20-15/h4-5,8-9H,2-3H2,1H3,(H2,19,20,21). The molecule has 1 aliphatic carbocycles. The molecule has 3 nitrogen and oxygen atoms in total. The first-order chi connectivity index (χ1) is 9.82. The van der Waals surface area contributed by atoms with Crippen molar-refractivity contribution in [1.82, 2.24) is 5.32 Å². The van der Waals surface area contributed by atoms with Gasteiger partial charge in [0.15, 0.2) is 5.54 Å². The van der Waals surface area contributed by atoms with Gasteiger partial charge in [0, 0.05) is 22.9 Å². The van der Waals surface area contributed by atoms with Crippen LogP contribution in [0.4, 0.5) is 19.3 Å². The summed E-state index contributed by atoms with van der Waals surface area (Å²) >= 11 is 3.28. The van der Waals surface area contributed by atoms with Crippen LogP contribution in [-0.2, 0) is 5.54 Å². The topological polar surface area (TPSA) is 41.1 Å². The highest BCUT2D eigenvalue weighted by atomic mass is 79.9. The lowest BCUT2D eigenvalue weighted by Crippen LogP contribution is -2.59. The lowest BCUT2D eigenvalue weighted by molar-refractivity contribution is -0.0464. The van der Waals surface area contributed by atoms with E-state index >= 15 is 0 Å². The zero-order valence-corrected chi connectivity index (χ0v) is 12.9. The van der Waals surface area contributed by atoms with Gasteiger partial charge in [-0.15, -0.1) is 0 Å². The minimum Gasteiger partial charge on any atom is -0.312 e. The van der Waals surface area contributed by atoms with E-state index in [0.717, 1.165) is 19.8 Å². The summed E-state index contributed by atoms with van der Waals surface area (Å²) in [6.45, 7) is 0.784. The molecular weight excluding hydrogens is 342 g/mol. The molecule has 3 rings (SSSR count). The van der Waals surface area contributed by atoms with Crippen LogP contribution >= 0.6 is 15.9 Å². The van der Waals surface area contributed by atoms with E-state index in [4.69, 9.17) is 0 Å². The molecule has 21 heavy (non-hydrogen) atoms. The number of nitrogens with one attached hydrogen (secondary N) is 2. The van der Waals surface area contributed by atoms with Gasteiger partial charge in [-0.1, -0.05) is 33.8 Å². The quantitative estimate of drug-likeness (QED) is 0.739. The molecule has 1 atom stereocenters. The molecule has 1 unspecified atom stereocenters. The van der Waals surface area contributed by atoms with Crippen LogP contribution in [0.25, 0.3) is 0 Å². The molecule has 1 heterocycles.